The van der Waals surface area contributed by atoms with Crippen LogP contribution in [0.2, 0.25) is 0 Å². The average molecular weight is 488 g/mol. The summed E-state index contributed by atoms with van der Waals surface area (Å²) in [6.45, 7) is 4.40. The summed E-state index contributed by atoms with van der Waals surface area (Å²) in [5, 5.41) is 4.97. The molecule has 0 saturated carbocycles. The van der Waals surface area contributed by atoms with E-state index in [2.05, 4.69) is 34.1 Å². The van der Waals surface area contributed by atoms with Crippen LogP contribution in [0, 0.1) is 4.77 Å². The Morgan fingerprint density at radius 1 is 0.771 bits per heavy atom. The lowest BCUT2D eigenvalue weighted by Crippen LogP contribution is -2.47. The van der Waals surface area contributed by atoms with Gasteiger partial charge < -0.3 is 14.4 Å². The second kappa shape index (κ2) is 10.3. The molecular weight excluding hydrogens is 458 g/mol. The Bertz CT molecular complexity index is 1330. The van der Waals surface area contributed by atoms with Crippen molar-refractivity contribution in [1.29, 1.82) is 0 Å². The molecule has 4 aromatic rings. The number of hydrogen-bond donors (Lipinski definition) is 0. The van der Waals surface area contributed by atoms with Gasteiger partial charge in [-0.3, -0.25) is 9.47 Å². The first kappa shape index (κ1) is 23.1. The SMILES string of the molecule is COc1ccc(N2CCN(Cn3nc(-c4cccc(OC)c4)n(-c4ccccc4)c3=S)CC2)cc1. The van der Waals surface area contributed by atoms with Gasteiger partial charge in [0.2, 0.25) is 4.77 Å². The van der Waals surface area contributed by atoms with E-state index in [0.29, 0.717) is 11.4 Å². The Morgan fingerprint density at radius 3 is 2.17 bits per heavy atom. The monoisotopic (exact) mass is 487 g/mol. The van der Waals surface area contributed by atoms with Crippen LogP contribution in [0.3, 0.4) is 0 Å². The maximum absolute atomic E-state index is 5.93. The number of aromatic nitrogens is 3. The quantitative estimate of drug-likeness (QED) is 0.347. The number of ether oxygens (including phenoxy) is 2. The zero-order valence-electron chi connectivity index (χ0n) is 20.0. The second-order valence-electron chi connectivity index (χ2n) is 8.45. The zero-order chi connectivity index (χ0) is 24.2. The van der Waals surface area contributed by atoms with E-state index in [9.17, 15) is 0 Å². The van der Waals surface area contributed by atoms with Gasteiger partial charge in [0.15, 0.2) is 5.82 Å². The minimum Gasteiger partial charge on any atom is -0.497 e. The Morgan fingerprint density at radius 2 is 1.49 bits per heavy atom. The fourth-order valence-electron chi connectivity index (χ4n) is 4.39. The van der Waals surface area contributed by atoms with Crippen molar-refractivity contribution in [3.63, 3.8) is 0 Å². The normalized spacial score (nSPS) is 14.2. The highest BCUT2D eigenvalue weighted by Crippen LogP contribution is 2.26. The first-order valence-corrected chi connectivity index (χ1v) is 12.1. The van der Waals surface area contributed by atoms with Gasteiger partial charge in [-0.05, 0) is 60.7 Å². The summed E-state index contributed by atoms with van der Waals surface area (Å²) < 4.78 is 15.4. The smallest absolute Gasteiger partial charge is 0.204 e. The van der Waals surface area contributed by atoms with Gasteiger partial charge in [-0.2, -0.15) is 0 Å². The Hall–Kier alpha value is -3.62. The third kappa shape index (κ3) is 4.94. The van der Waals surface area contributed by atoms with Crippen molar-refractivity contribution in [2.24, 2.45) is 0 Å². The van der Waals surface area contributed by atoms with Crippen LogP contribution >= 0.6 is 12.2 Å². The first-order valence-electron chi connectivity index (χ1n) is 11.7. The van der Waals surface area contributed by atoms with Gasteiger partial charge in [-0.25, -0.2) is 4.68 Å². The number of rotatable bonds is 7. The standard InChI is InChI=1S/C27H29N5O2S/c1-33-24-13-11-22(12-14-24)30-17-15-29(16-18-30)20-31-27(35)32(23-8-4-3-5-9-23)26(28-31)21-7-6-10-25(19-21)34-2/h3-14,19H,15-18,20H2,1-2H3. The number of anilines is 1. The van der Waals surface area contributed by atoms with Crippen molar-refractivity contribution in [2.75, 3.05) is 45.3 Å². The lowest BCUT2D eigenvalue weighted by molar-refractivity contribution is 0.194. The molecule has 0 unspecified atom stereocenters. The van der Waals surface area contributed by atoms with Crippen LogP contribution in [-0.4, -0.2) is 59.6 Å². The van der Waals surface area contributed by atoms with E-state index in [1.807, 2.05) is 63.8 Å². The van der Waals surface area contributed by atoms with E-state index >= 15 is 0 Å². The molecule has 1 fully saturated rings. The molecule has 5 rings (SSSR count). The van der Waals surface area contributed by atoms with Crippen LogP contribution in [0.15, 0.2) is 78.9 Å². The fourth-order valence-corrected chi connectivity index (χ4v) is 4.68. The van der Waals surface area contributed by atoms with E-state index in [4.69, 9.17) is 26.8 Å². The highest BCUT2D eigenvalue weighted by Gasteiger charge is 2.21. The van der Waals surface area contributed by atoms with Gasteiger partial charge in [-0.15, -0.1) is 5.10 Å². The van der Waals surface area contributed by atoms with E-state index in [0.717, 1.165) is 54.8 Å². The predicted octanol–water partition coefficient (Wildman–Crippen LogP) is 4.87. The van der Waals surface area contributed by atoms with Crippen molar-refractivity contribution in [3.05, 3.63) is 83.6 Å². The summed E-state index contributed by atoms with van der Waals surface area (Å²) in [5.74, 6) is 2.47. The van der Waals surface area contributed by atoms with Gasteiger partial charge >= 0.3 is 0 Å². The Balaban J connectivity index is 1.38. The van der Waals surface area contributed by atoms with Crippen LogP contribution in [-0.2, 0) is 6.67 Å². The van der Waals surface area contributed by atoms with Gasteiger partial charge in [0.1, 0.15) is 11.5 Å². The van der Waals surface area contributed by atoms with Crippen LogP contribution in [0.4, 0.5) is 5.69 Å². The molecule has 0 N–H and O–H groups in total. The number of hydrogen-bond acceptors (Lipinski definition) is 6. The average Bonchev–Trinajstić information content (AvgIpc) is 3.25. The maximum atomic E-state index is 5.93. The Labute approximate surface area is 210 Å². The molecule has 3 aromatic carbocycles. The number of methoxy groups -OCH3 is 2. The van der Waals surface area contributed by atoms with Crippen molar-refractivity contribution >= 4 is 17.9 Å². The fraction of sp³-hybridized carbons (Fsp3) is 0.259. The second-order valence-corrected chi connectivity index (χ2v) is 8.82. The number of para-hydroxylation sites is 1. The lowest BCUT2D eigenvalue weighted by atomic mass is 10.2. The van der Waals surface area contributed by atoms with Gasteiger partial charge in [0, 0.05) is 43.1 Å². The largest absolute Gasteiger partial charge is 0.497 e. The summed E-state index contributed by atoms with van der Waals surface area (Å²) in [7, 11) is 3.37. The molecule has 180 valence electrons. The molecule has 0 spiro atoms. The lowest BCUT2D eigenvalue weighted by Gasteiger charge is -2.35. The van der Waals surface area contributed by atoms with Crippen LogP contribution in [0.25, 0.3) is 17.1 Å². The van der Waals surface area contributed by atoms with Crippen molar-refractivity contribution in [2.45, 2.75) is 6.67 Å². The van der Waals surface area contributed by atoms with E-state index in [1.54, 1.807) is 14.2 Å². The highest BCUT2D eigenvalue weighted by atomic mass is 32.1. The molecule has 1 aliphatic rings. The van der Waals surface area contributed by atoms with Crippen LogP contribution < -0.4 is 14.4 Å². The van der Waals surface area contributed by atoms with Gasteiger partial charge in [0.25, 0.3) is 0 Å². The summed E-state index contributed by atoms with van der Waals surface area (Å²) in [6, 6.07) is 26.3. The molecule has 0 atom stereocenters. The molecular formula is C27H29N5O2S. The molecule has 0 bridgehead atoms. The minimum absolute atomic E-state index is 0.645. The van der Waals surface area contributed by atoms with Crippen molar-refractivity contribution in [1.82, 2.24) is 19.2 Å². The summed E-state index contributed by atoms with van der Waals surface area (Å²) in [5.41, 5.74) is 3.17. The summed E-state index contributed by atoms with van der Waals surface area (Å²) in [4.78, 5) is 4.80. The minimum atomic E-state index is 0.645. The van der Waals surface area contributed by atoms with Gasteiger partial charge in [0.05, 0.1) is 20.9 Å². The van der Waals surface area contributed by atoms with Crippen LogP contribution in [0.5, 0.6) is 11.5 Å². The summed E-state index contributed by atoms with van der Waals surface area (Å²) in [6.07, 6.45) is 0. The third-order valence-corrected chi connectivity index (χ3v) is 6.72. The van der Waals surface area contributed by atoms with E-state index in [-0.39, 0.29) is 0 Å². The molecule has 7 nitrogen and oxygen atoms in total. The van der Waals surface area contributed by atoms with E-state index < -0.39 is 0 Å². The maximum Gasteiger partial charge on any atom is 0.204 e. The molecule has 1 aromatic heterocycles. The number of piperazine rings is 1. The predicted molar refractivity (Wildman–Crippen MR) is 141 cm³/mol. The number of benzene rings is 3. The van der Waals surface area contributed by atoms with Crippen molar-refractivity contribution in [3.8, 4) is 28.6 Å². The molecule has 8 heteroatoms. The number of nitrogens with zero attached hydrogens (tertiary/aromatic N) is 5. The molecule has 0 amide bonds. The van der Waals surface area contributed by atoms with Crippen molar-refractivity contribution < 1.29 is 9.47 Å². The molecule has 35 heavy (non-hydrogen) atoms. The Kier molecular flexibility index (Phi) is 6.83. The highest BCUT2D eigenvalue weighted by molar-refractivity contribution is 7.71. The van der Waals surface area contributed by atoms with Gasteiger partial charge in [-0.1, -0.05) is 30.3 Å². The molecule has 1 aliphatic heterocycles. The summed E-state index contributed by atoms with van der Waals surface area (Å²) >= 11 is 5.93. The van der Waals surface area contributed by atoms with Crippen LogP contribution in [0.1, 0.15) is 0 Å². The third-order valence-electron chi connectivity index (χ3n) is 6.33. The van der Waals surface area contributed by atoms with E-state index in [1.165, 1.54) is 5.69 Å². The molecule has 2 heterocycles. The molecule has 0 radical (unpaired) electrons. The molecule has 1 saturated heterocycles. The first-order chi connectivity index (χ1) is 17.2. The topological polar surface area (TPSA) is 47.7 Å². The zero-order valence-corrected chi connectivity index (χ0v) is 20.8. The molecule has 0 aliphatic carbocycles.